The molecule has 1 amide bonds. The van der Waals surface area contributed by atoms with Gasteiger partial charge in [-0.25, -0.2) is 0 Å². The highest BCUT2D eigenvalue weighted by Crippen LogP contribution is 2.54. The fourth-order valence-corrected chi connectivity index (χ4v) is 6.85. The lowest BCUT2D eigenvalue weighted by Gasteiger charge is -2.50. The van der Waals surface area contributed by atoms with Crippen molar-refractivity contribution >= 4 is 23.2 Å². The number of allylic oxidation sites excluding steroid dienone is 1. The average molecular weight is 513 g/mol. The Hall–Kier alpha value is -3.41. The fourth-order valence-electron chi connectivity index (χ4n) is 6.85. The normalized spacial score (nSPS) is 31.1. The van der Waals surface area contributed by atoms with Gasteiger partial charge in [0.15, 0.2) is 11.4 Å². The quantitative estimate of drug-likeness (QED) is 0.247. The van der Waals surface area contributed by atoms with Gasteiger partial charge in [0.05, 0.1) is 11.6 Å². The molecule has 11 heteroatoms. The largest absolute Gasteiger partial charge is 0.510 e. The van der Waals surface area contributed by atoms with E-state index >= 15 is 0 Å². The van der Waals surface area contributed by atoms with Crippen molar-refractivity contribution in [2.24, 2.45) is 17.6 Å². The van der Waals surface area contributed by atoms with Gasteiger partial charge < -0.3 is 36.4 Å². The number of carbonyl (C=O) groups excluding carboxylic acids is 3. The zero-order chi connectivity index (χ0) is 27.1. The van der Waals surface area contributed by atoms with Gasteiger partial charge in [-0.2, -0.15) is 0 Å². The van der Waals surface area contributed by atoms with Crippen LogP contribution in [-0.4, -0.2) is 94.1 Å². The van der Waals surface area contributed by atoms with Gasteiger partial charge in [-0.15, -0.1) is 0 Å². The molecule has 3 aliphatic carbocycles. The highest BCUT2D eigenvalue weighted by molar-refractivity contribution is 6.24. The number of carbonyl (C=O) groups is 3. The van der Waals surface area contributed by atoms with E-state index in [1.54, 1.807) is 20.2 Å². The molecular formula is C26H32N4O7. The van der Waals surface area contributed by atoms with Crippen molar-refractivity contribution in [3.05, 3.63) is 45.4 Å². The van der Waals surface area contributed by atoms with Gasteiger partial charge in [0.25, 0.3) is 5.91 Å². The van der Waals surface area contributed by atoms with Crippen LogP contribution >= 0.6 is 0 Å². The second-order valence-electron chi connectivity index (χ2n) is 10.9. The van der Waals surface area contributed by atoms with Crippen LogP contribution in [0.25, 0.3) is 0 Å². The third-order valence-corrected chi connectivity index (χ3v) is 8.46. The number of aliphatic hydroxyl groups excluding tert-OH is 2. The molecule has 0 saturated heterocycles. The Kier molecular flexibility index (Phi) is 5.67. The number of benzene rings is 1. The first kappa shape index (κ1) is 25.2. The molecule has 37 heavy (non-hydrogen) atoms. The van der Waals surface area contributed by atoms with Crippen LogP contribution < -0.4 is 11.1 Å². The fraction of sp³-hybridized carbons (Fsp3) is 0.500. The van der Waals surface area contributed by atoms with E-state index in [9.17, 15) is 34.8 Å². The highest BCUT2D eigenvalue weighted by Gasteiger charge is 2.63. The maximum atomic E-state index is 13.8. The number of nitrogens with zero attached hydrogens (tertiary/aromatic N) is 2. The average Bonchev–Trinajstić information content (AvgIpc) is 2.80. The SMILES string of the molecule is CN(C)C1CCNc2c1cc(O)c1c2C[C@H]2C[C@H]3[C@@H](N(C)C)C(O)=C(C(N)=O)C(=O)[C@@]3(O)C(O)=C2C1=O. The van der Waals surface area contributed by atoms with Crippen molar-refractivity contribution in [1.82, 2.24) is 9.80 Å². The molecule has 1 aromatic rings. The van der Waals surface area contributed by atoms with Crippen LogP contribution in [0.2, 0.25) is 0 Å². The first-order chi connectivity index (χ1) is 17.3. The Balaban J connectivity index is 1.71. The summed E-state index contributed by atoms with van der Waals surface area (Å²) in [4.78, 5) is 42.8. The second-order valence-corrected chi connectivity index (χ2v) is 10.9. The summed E-state index contributed by atoms with van der Waals surface area (Å²) in [7, 11) is 7.11. The molecule has 5 rings (SSSR count). The number of phenols is 1. The predicted molar refractivity (Wildman–Crippen MR) is 133 cm³/mol. The van der Waals surface area contributed by atoms with Crippen LogP contribution in [0, 0.1) is 11.8 Å². The number of primary amides is 1. The van der Waals surface area contributed by atoms with Crippen molar-refractivity contribution < 1.29 is 34.8 Å². The van der Waals surface area contributed by atoms with Crippen LogP contribution in [0.5, 0.6) is 5.75 Å². The van der Waals surface area contributed by atoms with Gasteiger partial charge in [-0.3, -0.25) is 19.3 Å². The third-order valence-electron chi connectivity index (χ3n) is 8.46. The van der Waals surface area contributed by atoms with Crippen LogP contribution in [-0.2, 0) is 16.0 Å². The molecule has 4 aliphatic rings. The smallest absolute Gasteiger partial charge is 0.255 e. The van der Waals surface area contributed by atoms with Crippen molar-refractivity contribution in [1.29, 1.82) is 0 Å². The van der Waals surface area contributed by atoms with Crippen LogP contribution in [0.1, 0.15) is 40.4 Å². The number of fused-ring (bicyclic) bond motifs is 5. The molecule has 0 spiro atoms. The highest BCUT2D eigenvalue weighted by atomic mass is 16.3. The lowest BCUT2D eigenvalue weighted by molar-refractivity contribution is -0.148. The van der Waals surface area contributed by atoms with Gasteiger partial charge in [0, 0.05) is 29.8 Å². The number of hydrogen-bond acceptors (Lipinski definition) is 10. The Morgan fingerprint density at radius 2 is 1.81 bits per heavy atom. The first-order valence-electron chi connectivity index (χ1n) is 12.3. The summed E-state index contributed by atoms with van der Waals surface area (Å²) < 4.78 is 0. The Labute approximate surface area is 213 Å². The van der Waals surface area contributed by atoms with Gasteiger partial charge in [0.1, 0.15) is 22.8 Å². The minimum Gasteiger partial charge on any atom is -0.510 e. The van der Waals surface area contributed by atoms with E-state index in [0.717, 1.165) is 17.7 Å². The van der Waals surface area contributed by atoms with Crippen molar-refractivity contribution in [3.63, 3.8) is 0 Å². The lowest BCUT2D eigenvalue weighted by Crippen LogP contribution is -2.63. The number of amides is 1. The maximum Gasteiger partial charge on any atom is 0.255 e. The topological polar surface area (TPSA) is 177 Å². The molecule has 1 heterocycles. The number of Topliss-reactive ketones (excluding diaryl/α,β-unsaturated/α-hetero) is 2. The number of aliphatic hydroxyl groups is 3. The second kappa shape index (κ2) is 8.30. The van der Waals surface area contributed by atoms with Crippen molar-refractivity contribution in [2.45, 2.75) is 36.9 Å². The minimum atomic E-state index is -2.64. The number of ketones is 2. The van der Waals surface area contributed by atoms with E-state index in [4.69, 9.17) is 5.73 Å². The van der Waals surface area contributed by atoms with Crippen LogP contribution in [0.3, 0.4) is 0 Å². The van der Waals surface area contributed by atoms with Gasteiger partial charge >= 0.3 is 0 Å². The predicted octanol–water partition coefficient (Wildman–Crippen LogP) is 0.539. The van der Waals surface area contributed by atoms with Gasteiger partial charge in [-0.1, -0.05) is 0 Å². The Morgan fingerprint density at radius 1 is 1.14 bits per heavy atom. The number of hydrogen-bond donors (Lipinski definition) is 6. The van der Waals surface area contributed by atoms with Gasteiger partial charge in [-0.05, 0) is 70.6 Å². The van der Waals surface area contributed by atoms with E-state index < -0.39 is 58.0 Å². The maximum absolute atomic E-state index is 13.8. The number of aromatic hydroxyl groups is 1. The molecule has 5 atom stereocenters. The summed E-state index contributed by atoms with van der Waals surface area (Å²) in [6.45, 7) is 0.675. The summed E-state index contributed by atoms with van der Waals surface area (Å²) in [6.07, 6.45) is 1.14. The zero-order valence-electron chi connectivity index (χ0n) is 21.2. The molecule has 0 radical (unpaired) electrons. The number of anilines is 1. The molecular weight excluding hydrogens is 480 g/mol. The molecule has 1 unspecified atom stereocenters. The molecule has 1 aliphatic heterocycles. The molecule has 0 fully saturated rings. The monoisotopic (exact) mass is 512 g/mol. The summed E-state index contributed by atoms with van der Waals surface area (Å²) in [5.74, 6) is -6.49. The van der Waals surface area contributed by atoms with E-state index in [1.165, 1.54) is 4.90 Å². The molecule has 7 N–H and O–H groups in total. The van der Waals surface area contributed by atoms with Crippen molar-refractivity contribution in [2.75, 3.05) is 40.1 Å². The molecule has 1 aromatic carbocycles. The molecule has 0 aromatic heterocycles. The van der Waals surface area contributed by atoms with Crippen LogP contribution in [0.15, 0.2) is 28.7 Å². The van der Waals surface area contributed by atoms with E-state index in [2.05, 4.69) is 10.2 Å². The Morgan fingerprint density at radius 3 is 2.41 bits per heavy atom. The lowest BCUT2D eigenvalue weighted by atomic mass is 9.58. The van der Waals surface area contributed by atoms with Crippen LogP contribution in [0.4, 0.5) is 5.69 Å². The number of rotatable bonds is 3. The van der Waals surface area contributed by atoms with Crippen molar-refractivity contribution in [3.8, 4) is 5.75 Å². The molecule has 0 bridgehead atoms. The standard InChI is InChI=1S/C26H32N4O7/c1-29(2)14-5-6-28-19-11(14)9-15(31)17-12(19)7-10-8-13-20(30(3)4)22(33)18(25(27)36)24(35)26(13,37)23(34)16(10)21(17)32/h9-10,13-14,20,28,31,33-34,37H,5-8H2,1-4H3,(H2,27,36)/t10-,13-,14?,20+,26-/m0/s1. The minimum absolute atomic E-state index is 0.0199. The first-order valence-corrected chi connectivity index (χ1v) is 12.3. The van der Waals surface area contributed by atoms with E-state index in [0.29, 0.717) is 12.1 Å². The number of likely N-dealkylation sites (N-methyl/N-ethyl adjacent to an activating group) is 1. The zero-order valence-corrected chi connectivity index (χ0v) is 21.2. The summed E-state index contributed by atoms with van der Waals surface area (Å²) >= 11 is 0. The van der Waals surface area contributed by atoms with Gasteiger partial charge in [0.2, 0.25) is 5.78 Å². The third kappa shape index (κ3) is 3.27. The van der Waals surface area contributed by atoms with E-state index in [1.807, 2.05) is 14.1 Å². The number of nitrogens with two attached hydrogens (primary N) is 1. The number of nitrogens with one attached hydrogen (secondary N) is 1. The molecule has 11 nitrogen and oxygen atoms in total. The molecule has 0 saturated carbocycles. The summed E-state index contributed by atoms with van der Waals surface area (Å²) in [5, 5.41) is 48.2. The molecule has 198 valence electrons. The Bertz CT molecular complexity index is 1310. The summed E-state index contributed by atoms with van der Waals surface area (Å²) in [5.41, 5.74) is 4.04. The number of phenolic OH excluding ortho intramolecular Hbond substituents is 1. The van der Waals surface area contributed by atoms with E-state index in [-0.39, 0.29) is 35.8 Å². The summed E-state index contributed by atoms with van der Waals surface area (Å²) in [6, 6.07) is 0.577.